The number of para-hydroxylation sites is 1. The minimum atomic E-state index is -0.0379. The second kappa shape index (κ2) is 8.21. The molecule has 3 heteroatoms. The summed E-state index contributed by atoms with van der Waals surface area (Å²) in [5, 5.41) is 3.71. The zero-order valence-electron chi connectivity index (χ0n) is 14.1. The Balaban J connectivity index is 1.84. The number of nitrogens with one attached hydrogen (secondary N) is 1. The first-order valence-electron chi connectivity index (χ1n) is 8.61. The maximum atomic E-state index is 11.6. The van der Waals surface area contributed by atoms with E-state index in [0.717, 1.165) is 25.7 Å². The molecule has 1 saturated carbocycles. The minimum absolute atomic E-state index is 0.0379. The van der Waals surface area contributed by atoms with E-state index in [0.29, 0.717) is 30.9 Å². The highest BCUT2D eigenvalue weighted by atomic mass is 16.5. The highest BCUT2D eigenvalue weighted by Gasteiger charge is 2.24. The lowest BCUT2D eigenvalue weighted by molar-refractivity contribution is -0.144. The Morgan fingerprint density at radius 1 is 1.23 bits per heavy atom. The molecule has 1 aliphatic carbocycles. The van der Waals surface area contributed by atoms with Gasteiger partial charge in [0.25, 0.3) is 0 Å². The largest absolute Gasteiger partial charge is 0.466 e. The summed E-state index contributed by atoms with van der Waals surface area (Å²) in [5.41, 5.74) is 2.66. The number of benzene rings is 1. The van der Waals surface area contributed by atoms with Crippen molar-refractivity contribution in [2.24, 2.45) is 5.92 Å². The maximum Gasteiger partial charge on any atom is 0.306 e. The van der Waals surface area contributed by atoms with Gasteiger partial charge in [0.15, 0.2) is 0 Å². The number of hydrogen-bond acceptors (Lipinski definition) is 3. The third-order valence-corrected chi connectivity index (χ3v) is 4.55. The van der Waals surface area contributed by atoms with Crippen LogP contribution in [-0.4, -0.2) is 18.6 Å². The van der Waals surface area contributed by atoms with Gasteiger partial charge in [-0.05, 0) is 56.1 Å². The van der Waals surface area contributed by atoms with Crippen molar-refractivity contribution in [1.29, 1.82) is 0 Å². The zero-order valence-corrected chi connectivity index (χ0v) is 14.1. The smallest absolute Gasteiger partial charge is 0.306 e. The number of carbonyl (C=O) groups is 1. The van der Waals surface area contributed by atoms with Gasteiger partial charge in [-0.15, -0.1) is 0 Å². The van der Waals surface area contributed by atoms with Crippen LogP contribution in [-0.2, 0) is 9.53 Å². The van der Waals surface area contributed by atoms with Gasteiger partial charge >= 0.3 is 5.97 Å². The molecule has 0 spiro atoms. The van der Waals surface area contributed by atoms with Crippen LogP contribution in [0, 0.1) is 5.92 Å². The van der Waals surface area contributed by atoms with Crippen molar-refractivity contribution in [3.63, 3.8) is 0 Å². The molecule has 0 amide bonds. The van der Waals surface area contributed by atoms with Crippen molar-refractivity contribution in [3.05, 3.63) is 29.8 Å². The van der Waals surface area contributed by atoms with Crippen LogP contribution < -0.4 is 5.32 Å². The van der Waals surface area contributed by atoms with E-state index in [2.05, 4.69) is 43.4 Å². The summed E-state index contributed by atoms with van der Waals surface area (Å²) in [5.74, 6) is 0.991. The molecule has 1 fully saturated rings. The van der Waals surface area contributed by atoms with E-state index >= 15 is 0 Å². The Morgan fingerprint density at radius 2 is 1.91 bits per heavy atom. The topological polar surface area (TPSA) is 38.3 Å². The van der Waals surface area contributed by atoms with Gasteiger partial charge in [-0.1, -0.05) is 32.0 Å². The zero-order chi connectivity index (χ0) is 15.9. The summed E-state index contributed by atoms with van der Waals surface area (Å²) in [7, 11) is 0. The Morgan fingerprint density at radius 3 is 2.55 bits per heavy atom. The van der Waals surface area contributed by atoms with Crippen molar-refractivity contribution in [1.82, 2.24) is 0 Å². The second-order valence-corrected chi connectivity index (χ2v) is 6.61. The molecular formula is C19H29NO2. The summed E-state index contributed by atoms with van der Waals surface area (Å²) in [6.07, 6.45) is 5.08. The van der Waals surface area contributed by atoms with Crippen LogP contribution in [0.25, 0.3) is 0 Å². The third kappa shape index (κ3) is 4.75. The van der Waals surface area contributed by atoms with E-state index in [1.54, 1.807) is 0 Å². The maximum absolute atomic E-state index is 11.6. The highest BCUT2D eigenvalue weighted by Crippen LogP contribution is 2.31. The SMILES string of the molecule is CCOC(=O)CC1CCC(Nc2ccccc2C(C)C)CC1. The average Bonchev–Trinajstić information content (AvgIpc) is 2.50. The van der Waals surface area contributed by atoms with Crippen molar-refractivity contribution in [2.75, 3.05) is 11.9 Å². The molecule has 0 heterocycles. The number of anilines is 1. The van der Waals surface area contributed by atoms with Crippen molar-refractivity contribution < 1.29 is 9.53 Å². The molecule has 2 rings (SSSR count). The molecule has 3 nitrogen and oxygen atoms in total. The predicted octanol–water partition coefficient (Wildman–Crippen LogP) is 4.73. The quantitative estimate of drug-likeness (QED) is 0.772. The van der Waals surface area contributed by atoms with Crippen molar-refractivity contribution >= 4 is 11.7 Å². The number of rotatable bonds is 6. The molecule has 122 valence electrons. The fourth-order valence-electron chi connectivity index (χ4n) is 3.32. The lowest BCUT2D eigenvalue weighted by Gasteiger charge is -2.30. The number of ether oxygens (including phenoxy) is 1. The Hall–Kier alpha value is -1.51. The molecule has 0 aliphatic heterocycles. The van der Waals surface area contributed by atoms with E-state index < -0.39 is 0 Å². The van der Waals surface area contributed by atoms with Gasteiger partial charge in [0.05, 0.1) is 6.61 Å². The number of carbonyl (C=O) groups excluding carboxylic acids is 1. The Kier molecular flexibility index (Phi) is 6.29. The average molecular weight is 303 g/mol. The van der Waals surface area contributed by atoms with E-state index in [4.69, 9.17) is 4.74 Å². The summed E-state index contributed by atoms with van der Waals surface area (Å²) >= 11 is 0. The second-order valence-electron chi connectivity index (χ2n) is 6.61. The molecule has 1 N–H and O–H groups in total. The highest BCUT2D eigenvalue weighted by molar-refractivity contribution is 5.69. The summed E-state index contributed by atoms with van der Waals surface area (Å²) in [4.78, 5) is 11.6. The van der Waals surface area contributed by atoms with Crippen LogP contribution in [0.4, 0.5) is 5.69 Å². The van der Waals surface area contributed by atoms with Crippen LogP contribution in [0.3, 0.4) is 0 Å². The Labute approximate surface area is 134 Å². The van der Waals surface area contributed by atoms with Crippen LogP contribution in [0.1, 0.15) is 64.4 Å². The fraction of sp³-hybridized carbons (Fsp3) is 0.632. The number of esters is 1. The molecular weight excluding hydrogens is 274 g/mol. The normalized spacial score (nSPS) is 21.6. The first kappa shape index (κ1) is 16.9. The molecule has 0 saturated heterocycles. The van der Waals surface area contributed by atoms with Crippen molar-refractivity contribution in [2.45, 2.75) is 64.8 Å². The van der Waals surface area contributed by atoms with Gasteiger partial charge in [0.2, 0.25) is 0 Å². The number of hydrogen-bond donors (Lipinski definition) is 1. The van der Waals surface area contributed by atoms with Crippen LogP contribution >= 0.6 is 0 Å². The fourth-order valence-corrected chi connectivity index (χ4v) is 3.32. The van der Waals surface area contributed by atoms with E-state index in [1.807, 2.05) is 6.92 Å². The monoisotopic (exact) mass is 303 g/mol. The van der Waals surface area contributed by atoms with Crippen LogP contribution in [0.5, 0.6) is 0 Å². The van der Waals surface area contributed by atoms with Crippen LogP contribution in [0.15, 0.2) is 24.3 Å². The Bertz CT molecular complexity index is 476. The first-order valence-corrected chi connectivity index (χ1v) is 8.61. The summed E-state index contributed by atoms with van der Waals surface area (Å²) in [6, 6.07) is 9.12. The molecule has 0 atom stereocenters. The lowest BCUT2D eigenvalue weighted by Crippen LogP contribution is -2.27. The van der Waals surface area contributed by atoms with E-state index in [1.165, 1.54) is 11.3 Å². The van der Waals surface area contributed by atoms with E-state index in [9.17, 15) is 4.79 Å². The van der Waals surface area contributed by atoms with Gasteiger partial charge in [-0.2, -0.15) is 0 Å². The molecule has 1 aromatic carbocycles. The predicted molar refractivity (Wildman–Crippen MR) is 91.1 cm³/mol. The molecule has 22 heavy (non-hydrogen) atoms. The molecule has 0 bridgehead atoms. The van der Waals surface area contributed by atoms with Gasteiger partial charge in [-0.3, -0.25) is 4.79 Å². The van der Waals surface area contributed by atoms with E-state index in [-0.39, 0.29) is 5.97 Å². The molecule has 1 aliphatic rings. The molecule has 0 radical (unpaired) electrons. The summed E-state index contributed by atoms with van der Waals surface area (Å²) < 4.78 is 5.05. The molecule has 1 aromatic rings. The van der Waals surface area contributed by atoms with Crippen LogP contribution in [0.2, 0.25) is 0 Å². The van der Waals surface area contributed by atoms with Gasteiger partial charge in [0, 0.05) is 18.2 Å². The van der Waals surface area contributed by atoms with Gasteiger partial charge in [0.1, 0.15) is 0 Å². The minimum Gasteiger partial charge on any atom is -0.466 e. The lowest BCUT2D eigenvalue weighted by atomic mass is 9.84. The van der Waals surface area contributed by atoms with Gasteiger partial charge in [-0.25, -0.2) is 0 Å². The standard InChI is InChI=1S/C19H29NO2/c1-4-22-19(21)13-15-9-11-16(12-10-15)20-18-8-6-5-7-17(18)14(2)3/h5-8,14-16,20H,4,9-13H2,1-3H3. The first-order chi connectivity index (χ1) is 10.6. The third-order valence-electron chi connectivity index (χ3n) is 4.55. The van der Waals surface area contributed by atoms with Crippen molar-refractivity contribution in [3.8, 4) is 0 Å². The molecule has 0 unspecified atom stereocenters. The summed E-state index contributed by atoms with van der Waals surface area (Å²) in [6.45, 7) is 6.82. The molecule has 0 aromatic heterocycles. The van der Waals surface area contributed by atoms with Gasteiger partial charge < -0.3 is 10.1 Å².